The Morgan fingerprint density at radius 3 is 2.30 bits per heavy atom. The molecule has 120 valence electrons. The van der Waals surface area contributed by atoms with Crippen molar-refractivity contribution in [2.45, 2.75) is 6.04 Å². The van der Waals surface area contributed by atoms with Gasteiger partial charge in [0.2, 0.25) is 0 Å². The lowest BCUT2D eigenvalue weighted by Gasteiger charge is -2.22. The van der Waals surface area contributed by atoms with Crippen LogP contribution in [0.2, 0.25) is 0 Å². The van der Waals surface area contributed by atoms with Gasteiger partial charge in [0.1, 0.15) is 0 Å². The lowest BCUT2D eigenvalue weighted by molar-refractivity contribution is -0.168. The lowest BCUT2D eigenvalue weighted by Crippen LogP contribution is -2.42. The highest BCUT2D eigenvalue weighted by atomic mass is 16.7. The number of carboxylic acid groups (broad SMARTS) is 1. The molecule has 2 rings (SSSR count). The van der Waals surface area contributed by atoms with Crippen LogP contribution in [0.15, 0.2) is 54.6 Å². The van der Waals surface area contributed by atoms with Crippen molar-refractivity contribution < 1.29 is 24.6 Å². The fraction of sp³-hybridized carbons (Fsp3) is 0.176. The van der Waals surface area contributed by atoms with Gasteiger partial charge in [0.05, 0.1) is 12.2 Å². The molecule has 0 amide bonds. The second-order valence-electron chi connectivity index (χ2n) is 4.87. The van der Waals surface area contributed by atoms with Gasteiger partial charge >= 0.3 is 11.9 Å². The molecule has 2 aromatic rings. The molecular weight excluding hydrogens is 298 g/mol. The topological polar surface area (TPSA) is 87.1 Å². The Bertz CT molecular complexity index is 686. The third kappa shape index (κ3) is 3.94. The zero-order chi connectivity index (χ0) is 16.8. The number of carboxylic acids is 1. The summed E-state index contributed by atoms with van der Waals surface area (Å²) in [4.78, 5) is 28.4. The number of carbonyl (C=O) groups excluding carboxylic acids is 1. The molecule has 2 N–H and O–H groups in total. The molecule has 6 nitrogen and oxygen atoms in total. The maximum Gasteiger partial charge on any atom is 0.357 e. The first-order chi connectivity index (χ1) is 11.0. The molecule has 0 spiro atoms. The molecule has 0 saturated heterocycles. The molecule has 0 unspecified atom stereocenters. The maximum atomic E-state index is 12.4. The summed E-state index contributed by atoms with van der Waals surface area (Å²) in [5.74, 6) is -1.97. The van der Waals surface area contributed by atoms with Crippen LogP contribution >= 0.6 is 0 Å². The van der Waals surface area contributed by atoms with E-state index in [9.17, 15) is 9.59 Å². The molecule has 0 heterocycles. The summed E-state index contributed by atoms with van der Waals surface area (Å²) in [5, 5.41) is 18.9. The number of nitrogens with zero attached hydrogens (tertiary/aromatic N) is 1. The van der Waals surface area contributed by atoms with Gasteiger partial charge in [-0.3, -0.25) is 4.79 Å². The van der Waals surface area contributed by atoms with Crippen molar-refractivity contribution in [3.8, 4) is 11.1 Å². The summed E-state index contributed by atoms with van der Waals surface area (Å²) in [7, 11) is 1.29. The van der Waals surface area contributed by atoms with Crippen LogP contribution in [0.3, 0.4) is 0 Å². The van der Waals surface area contributed by atoms with E-state index in [0.29, 0.717) is 11.1 Å². The average Bonchev–Trinajstić information content (AvgIpc) is 2.56. The zero-order valence-electron chi connectivity index (χ0n) is 12.5. The van der Waals surface area contributed by atoms with Crippen LogP contribution in [0.4, 0.5) is 0 Å². The van der Waals surface area contributed by atoms with Crippen LogP contribution in [0.1, 0.15) is 10.4 Å². The van der Waals surface area contributed by atoms with E-state index in [0.717, 1.165) is 10.6 Å². The maximum absolute atomic E-state index is 12.4. The highest BCUT2D eigenvalue weighted by molar-refractivity contribution is 5.97. The number of carbonyl (C=O) groups is 2. The molecular formula is C17H17NO5. The SMILES string of the molecule is CN(OC(=O)c1ccccc1-c1ccccc1)[C@@H](CO)C(=O)O. The van der Waals surface area contributed by atoms with Crippen molar-refractivity contribution >= 4 is 11.9 Å². The van der Waals surface area contributed by atoms with Crippen LogP contribution < -0.4 is 0 Å². The molecule has 2 aromatic carbocycles. The van der Waals surface area contributed by atoms with E-state index in [1.807, 2.05) is 30.3 Å². The molecule has 0 aliphatic heterocycles. The van der Waals surface area contributed by atoms with E-state index in [2.05, 4.69) is 0 Å². The van der Waals surface area contributed by atoms with Gasteiger partial charge in [0.15, 0.2) is 6.04 Å². The summed E-state index contributed by atoms with van der Waals surface area (Å²) >= 11 is 0. The first-order valence-electron chi connectivity index (χ1n) is 6.98. The average molecular weight is 315 g/mol. The van der Waals surface area contributed by atoms with Crippen LogP contribution in [0.5, 0.6) is 0 Å². The van der Waals surface area contributed by atoms with E-state index < -0.39 is 24.6 Å². The van der Waals surface area contributed by atoms with Gasteiger partial charge in [-0.25, -0.2) is 4.79 Å². The number of benzene rings is 2. The molecule has 0 radical (unpaired) electrons. The van der Waals surface area contributed by atoms with Crippen molar-refractivity contribution in [2.75, 3.05) is 13.7 Å². The largest absolute Gasteiger partial charge is 0.480 e. The highest BCUT2D eigenvalue weighted by Crippen LogP contribution is 2.24. The normalized spacial score (nSPS) is 12.0. The molecule has 0 aromatic heterocycles. The molecule has 6 heteroatoms. The van der Waals surface area contributed by atoms with E-state index in [4.69, 9.17) is 15.1 Å². The highest BCUT2D eigenvalue weighted by Gasteiger charge is 2.26. The van der Waals surface area contributed by atoms with Gasteiger partial charge in [-0.15, -0.1) is 5.06 Å². The van der Waals surface area contributed by atoms with Crippen molar-refractivity contribution in [3.05, 3.63) is 60.2 Å². The Morgan fingerprint density at radius 1 is 1.09 bits per heavy atom. The summed E-state index contributed by atoms with van der Waals surface area (Å²) in [5.41, 5.74) is 1.84. The minimum absolute atomic E-state index is 0.313. The predicted molar refractivity (Wildman–Crippen MR) is 83.6 cm³/mol. The number of aliphatic hydroxyl groups excluding tert-OH is 1. The fourth-order valence-corrected chi connectivity index (χ4v) is 2.12. The Morgan fingerprint density at radius 2 is 1.70 bits per heavy atom. The van der Waals surface area contributed by atoms with E-state index in [1.54, 1.807) is 24.3 Å². The fourth-order valence-electron chi connectivity index (χ4n) is 2.12. The van der Waals surface area contributed by atoms with E-state index in [-0.39, 0.29) is 0 Å². The van der Waals surface area contributed by atoms with E-state index >= 15 is 0 Å². The molecule has 23 heavy (non-hydrogen) atoms. The van der Waals surface area contributed by atoms with Crippen LogP contribution in [-0.2, 0) is 9.63 Å². The zero-order valence-corrected chi connectivity index (χ0v) is 12.5. The standard InChI is InChI=1S/C17H17NO5/c1-18(15(11-19)16(20)21)23-17(22)14-10-6-5-9-13(14)12-7-3-2-4-8-12/h2-10,15,19H,11H2,1H3,(H,20,21)/t15-/m0/s1. The quantitative estimate of drug-likeness (QED) is 0.791. The lowest BCUT2D eigenvalue weighted by atomic mass is 10.00. The van der Waals surface area contributed by atoms with Gasteiger partial charge in [-0.2, -0.15) is 0 Å². The van der Waals surface area contributed by atoms with Crippen LogP contribution in [0.25, 0.3) is 11.1 Å². The molecule has 1 atom stereocenters. The third-order valence-electron chi connectivity index (χ3n) is 3.36. The minimum Gasteiger partial charge on any atom is -0.480 e. The summed E-state index contributed by atoms with van der Waals surface area (Å²) < 4.78 is 0. The molecule has 0 aliphatic rings. The number of likely N-dealkylation sites (N-methyl/N-ethyl adjacent to an activating group) is 1. The smallest absolute Gasteiger partial charge is 0.357 e. The van der Waals surface area contributed by atoms with Gasteiger partial charge in [-0.05, 0) is 17.2 Å². The van der Waals surface area contributed by atoms with Crippen LogP contribution in [0, 0.1) is 0 Å². The number of hydroxylamine groups is 2. The predicted octanol–water partition coefficient (Wildman–Crippen LogP) is 1.80. The first kappa shape index (κ1) is 16.7. The molecule has 0 fully saturated rings. The Kier molecular flexibility index (Phi) is 5.46. The van der Waals surface area contributed by atoms with Crippen molar-refractivity contribution in [3.63, 3.8) is 0 Å². The van der Waals surface area contributed by atoms with Crippen molar-refractivity contribution in [2.24, 2.45) is 0 Å². The number of rotatable bonds is 6. The van der Waals surface area contributed by atoms with Crippen molar-refractivity contribution in [1.82, 2.24) is 5.06 Å². The Balaban J connectivity index is 2.25. The molecule has 0 aliphatic carbocycles. The number of aliphatic hydroxyl groups is 1. The number of hydrogen-bond donors (Lipinski definition) is 2. The van der Waals surface area contributed by atoms with Gasteiger partial charge in [-0.1, -0.05) is 48.5 Å². The third-order valence-corrected chi connectivity index (χ3v) is 3.36. The molecule has 0 saturated carbocycles. The second kappa shape index (κ2) is 7.53. The second-order valence-corrected chi connectivity index (χ2v) is 4.87. The monoisotopic (exact) mass is 315 g/mol. The number of aliphatic carboxylic acids is 1. The summed E-state index contributed by atoms with van der Waals surface area (Å²) in [6.07, 6.45) is 0. The number of hydrogen-bond acceptors (Lipinski definition) is 5. The van der Waals surface area contributed by atoms with E-state index in [1.165, 1.54) is 7.05 Å². The van der Waals surface area contributed by atoms with Gasteiger partial charge in [0, 0.05) is 7.05 Å². The summed E-state index contributed by atoms with van der Waals surface area (Å²) in [6.45, 7) is -0.667. The summed E-state index contributed by atoms with van der Waals surface area (Å²) in [6, 6.07) is 14.9. The van der Waals surface area contributed by atoms with Gasteiger partial charge < -0.3 is 15.1 Å². The van der Waals surface area contributed by atoms with Gasteiger partial charge in [0.25, 0.3) is 0 Å². The molecule has 0 bridgehead atoms. The minimum atomic E-state index is -1.32. The first-order valence-corrected chi connectivity index (χ1v) is 6.98. The Hall–Kier alpha value is -2.70. The Labute approximate surface area is 133 Å². The van der Waals surface area contributed by atoms with Crippen molar-refractivity contribution in [1.29, 1.82) is 0 Å². The van der Waals surface area contributed by atoms with Crippen LogP contribution in [-0.4, -0.2) is 46.9 Å².